The fourth-order valence-corrected chi connectivity index (χ4v) is 1.12. The molecule has 1 aromatic rings. The van der Waals surface area contributed by atoms with Gasteiger partial charge in [-0.1, -0.05) is 18.7 Å². The number of phenols is 1. The lowest BCUT2D eigenvalue weighted by atomic mass is 10.2. The van der Waals surface area contributed by atoms with E-state index < -0.39 is 11.9 Å². The number of benzene rings is 1. The van der Waals surface area contributed by atoms with E-state index in [2.05, 4.69) is 6.58 Å². The largest absolute Gasteiger partial charge is 0.507 e. The van der Waals surface area contributed by atoms with Crippen molar-refractivity contribution in [2.45, 2.75) is 6.92 Å². The summed E-state index contributed by atoms with van der Waals surface area (Å²) < 4.78 is 9.57. The van der Waals surface area contributed by atoms with Crippen molar-refractivity contribution < 1.29 is 24.2 Å². The van der Waals surface area contributed by atoms with Crippen LogP contribution in [0.5, 0.6) is 5.75 Å². The Morgan fingerprint density at radius 1 is 1.22 bits per heavy atom. The van der Waals surface area contributed by atoms with Gasteiger partial charge in [-0.15, -0.1) is 0 Å². The molecule has 0 radical (unpaired) electrons. The molecule has 0 atom stereocenters. The van der Waals surface area contributed by atoms with Gasteiger partial charge in [0, 0.05) is 5.57 Å². The Morgan fingerprint density at radius 3 is 2.44 bits per heavy atom. The number of ether oxygens (including phenoxy) is 2. The number of hydrogen-bond donors (Lipinski definition) is 1. The van der Waals surface area contributed by atoms with Gasteiger partial charge in [0.15, 0.2) is 0 Å². The molecule has 1 rings (SSSR count). The van der Waals surface area contributed by atoms with Crippen LogP contribution in [0.3, 0.4) is 0 Å². The first-order chi connectivity index (χ1) is 8.52. The first-order valence-electron chi connectivity index (χ1n) is 5.30. The van der Waals surface area contributed by atoms with Crippen LogP contribution in [0.25, 0.3) is 0 Å². The average molecular weight is 250 g/mol. The molecule has 0 aliphatic rings. The lowest BCUT2D eigenvalue weighted by molar-refractivity contribution is -0.140. The third-order valence-electron chi connectivity index (χ3n) is 2.02. The third kappa shape index (κ3) is 3.93. The number of phenolic OH excluding ortho intramolecular Hbond substituents is 1. The maximum Gasteiger partial charge on any atom is 0.342 e. The van der Waals surface area contributed by atoms with Gasteiger partial charge in [-0.2, -0.15) is 0 Å². The van der Waals surface area contributed by atoms with Gasteiger partial charge in [0.05, 0.1) is 0 Å². The van der Waals surface area contributed by atoms with E-state index in [0.29, 0.717) is 0 Å². The molecule has 0 saturated heterocycles. The van der Waals surface area contributed by atoms with Crippen LogP contribution in [0, 0.1) is 0 Å². The van der Waals surface area contributed by atoms with Gasteiger partial charge in [0.1, 0.15) is 24.5 Å². The Hall–Kier alpha value is -2.30. The molecule has 0 spiro atoms. The van der Waals surface area contributed by atoms with Crippen molar-refractivity contribution in [1.29, 1.82) is 0 Å². The number of aromatic hydroxyl groups is 1. The normalized spacial score (nSPS) is 9.61. The average Bonchev–Trinajstić information content (AvgIpc) is 2.34. The van der Waals surface area contributed by atoms with E-state index in [1.165, 1.54) is 19.1 Å². The second kappa shape index (κ2) is 6.44. The Morgan fingerprint density at radius 2 is 1.83 bits per heavy atom. The Bertz CT molecular complexity index is 464. The van der Waals surface area contributed by atoms with Crippen LogP contribution in [-0.2, 0) is 14.3 Å². The molecule has 0 bridgehead atoms. The maximum absolute atomic E-state index is 11.5. The molecule has 5 heteroatoms. The Labute approximate surface area is 105 Å². The number of rotatable bonds is 5. The summed E-state index contributed by atoms with van der Waals surface area (Å²) in [6.45, 7) is 4.81. The lowest BCUT2D eigenvalue weighted by Gasteiger charge is -2.07. The first-order valence-corrected chi connectivity index (χ1v) is 5.30. The van der Waals surface area contributed by atoms with Crippen LogP contribution in [0.15, 0.2) is 36.4 Å². The summed E-state index contributed by atoms with van der Waals surface area (Å²) in [5.74, 6) is -1.35. The van der Waals surface area contributed by atoms with Crippen molar-refractivity contribution in [2.24, 2.45) is 0 Å². The second-order valence-corrected chi connectivity index (χ2v) is 3.57. The van der Waals surface area contributed by atoms with Gasteiger partial charge < -0.3 is 14.6 Å². The zero-order chi connectivity index (χ0) is 13.5. The number of carbonyl (C=O) groups is 2. The molecular formula is C13H14O5. The van der Waals surface area contributed by atoms with Crippen molar-refractivity contribution in [3.8, 4) is 5.75 Å². The van der Waals surface area contributed by atoms with Gasteiger partial charge in [-0.25, -0.2) is 9.59 Å². The van der Waals surface area contributed by atoms with Gasteiger partial charge in [0.25, 0.3) is 0 Å². The van der Waals surface area contributed by atoms with Gasteiger partial charge in [0.2, 0.25) is 0 Å². The van der Waals surface area contributed by atoms with Crippen LogP contribution in [0.2, 0.25) is 0 Å². The second-order valence-electron chi connectivity index (χ2n) is 3.57. The molecule has 0 unspecified atom stereocenters. The standard InChI is InChI=1S/C13H14O5/c1-9(2)12(15)17-7-8-18-13(16)10-5-3-4-6-11(10)14/h3-6,14H,1,7-8H2,2H3. The third-order valence-corrected chi connectivity index (χ3v) is 2.02. The fourth-order valence-electron chi connectivity index (χ4n) is 1.12. The van der Waals surface area contributed by atoms with Crippen molar-refractivity contribution in [2.75, 3.05) is 13.2 Å². The van der Waals surface area contributed by atoms with E-state index in [4.69, 9.17) is 9.47 Å². The van der Waals surface area contributed by atoms with E-state index in [9.17, 15) is 14.7 Å². The molecule has 0 saturated carbocycles. The number of para-hydroxylation sites is 1. The zero-order valence-corrected chi connectivity index (χ0v) is 10.0. The van der Waals surface area contributed by atoms with Gasteiger partial charge in [-0.3, -0.25) is 0 Å². The van der Waals surface area contributed by atoms with Crippen LogP contribution < -0.4 is 0 Å². The molecule has 1 N–H and O–H groups in total. The summed E-state index contributed by atoms with van der Waals surface area (Å²) in [6, 6.07) is 6.04. The molecule has 0 amide bonds. The monoisotopic (exact) mass is 250 g/mol. The summed E-state index contributed by atoms with van der Waals surface area (Å²) in [7, 11) is 0. The Balaban J connectivity index is 2.37. The van der Waals surface area contributed by atoms with Crippen molar-refractivity contribution in [3.05, 3.63) is 42.0 Å². The predicted molar refractivity (Wildman–Crippen MR) is 64.2 cm³/mol. The summed E-state index contributed by atoms with van der Waals surface area (Å²) in [5, 5.41) is 9.40. The van der Waals surface area contributed by atoms with Crippen LogP contribution in [0.1, 0.15) is 17.3 Å². The summed E-state index contributed by atoms with van der Waals surface area (Å²) >= 11 is 0. The van der Waals surface area contributed by atoms with Crippen molar-refractivity contribution >= 4 is 11.9 Å². The highest BCUT2D eigenvalue weighted by Crippen LogP contribution is 2.16. The molecule has 1 aromatic carbocycles. The molecule has 0 aliphatic heterocycles. The van der Waals surface area contributed by atoms with Crippen molar-refractivity contribution in [3.63, 3.8) is 0 Å². The number of esters is 2. The van der Waals surface area contributed by atoms with Crippen LogP contribution in [0.4, 0.5) is 0 Å². The summed E-state index contributed by atoms with van der Waals surface area (Å²) in [5.41, 5.74) is 0.353. The van der Waals surface area contributed by atoms with E-state index in [1.54, 1.807) is 12.1 Å². The van der Waals surface area contributed by atoms with Crippen LogP contribution >= 0.6 is 0 Å². The molecule has 0 aliphatic carbocycles. The first kappa shape index (κ1) is 13.8. The summed E-state index contributed by atoms with van der Waals surface area (Å²) in [6.07, 6.45) is 0. The molecule has 0 aromatic heterocycles. The van der Waals surface area contributed by atoms with E-state index in [-0.39, 0.29) is 30.1 Å². The van der Waals surface area contributed by atoms with Crippen molar-refractivity contribution in [1.82, 2.24) is 0 Å². The fraction of sp³-hybridized carbons (Fsp3) is 0.231. The molecule has 96 valence electrons. The summed E-state index contributed by atoms with van der Waals surface area (Å²) in [4.78, 5) is 22.5. The lowest BCUT2D eigenvalue weighted by Crippen LogP contribution is -2.14. The number of carbonyl (C=O) groups excluding carboxylic acids is 2. The quantitative estimate of drug-likeness (QED) is 0.489. The highest BCUT2D eigenvalue weighted by Gasteiger charge is 2.11. The minimum atomic E-state index is -0.667. The Kier molecular flexibility index (Phi) is 4.92. The van der Waals surface area contributed by atoms with Gasteiger partial charge >= 0.3 is 11.9 Å². The van der Waals surface area contributed by atoms with E-state index in [1.807, 2.05) is 0 Å². The molecule has 0 heterocycles. The predicted octanol–water partition coefficient (Wildman–Crippen LogP) is 1.67. The number of hydrogen-bond acceptors (Lipinski definition) is 5. The van der Waals surface area contributed by atoms with Gasteiger partial charge in [-0.05, 0) is 19.1 Å². The maximum atomic E-state index is 11.5. The zero-order valence-electron chi connectivity index (χ0n) is 10.0. The molecule has 0 fully saturated rings. The van der Waals surface area contributed by atoms with E-state index >= 15 is 0 Å². The minimum absolute atomic E-state index is 0.0506. The topological polar surface area (TPSA) is 72.8 Å². The molecular weight excluding hydrogens is 236 g/mol. The highest BCUT2D eigenvalue weighted by atomic mass is 16.6. The highest BCUT2D eigenvalue weighted by molar-refractivity contribution is 5.92. The SMILES string of the molecule is C=C(C)C(=O)OCCOC(=O)c1ccccc1O. The minimum Gasteiger partial charge on any atom is -0.507 e. The van der Waals surface area contributed by atoms with Crippen LogP contribution in [-0.4, -0.2) is 30.3 Å². The molecule has 18 heavy (non-hydrogen) atoms. The van der Waals surface area contributed by atoms with E-state index in [0.717, 1.165) is 0 Å². The molecule has 5 nitrogen and oxygen atoms in total. The smallest absolute Gasteiger partial charge is 0.342 e.